The van der Waals surface area contributed by atoms with Crippen LogP contribution in [0.5, 0.6) is 0 Å². The van der Waals surface area contributed by atoms with Crippen molar-refractivity contribution in [1.82, 2.24) is 10.2 Å². The first-order valence-electron chi connectivity index (χ1n) is 7.72. The molecule has 2 atom stereocenters. The number of likely N-dealkylation sites (tertiary alicyclic amines) is 1. The fraction of sp³-hybridized carbons (Fsp3) is 0.647. The van der Waals surface area contributed by atoms with Crippen molar-refractivity contribution in [2.45, 2.75) is 38.6 Å². The maximum atomic E-state index is 6.13. The van der Waals surface area contributed by atoms with Crippen LogP contribution in [0.3, 0.4) is 0 Å². The molecule has 0 amide bonds. The van der Waals surface area contributed by atoms with Gasteiger partial charge in [-0.3, -0.25) is 0 Å². The lowest BCUT2D eigenvalue weighted by molar-refractivity contribution is 0.203. The molecule has 1 aromatic carbocycles. The van der Waals surface area contributed by atoms with E-state index in [1.54, 1.807) is 0 Å². The highest BCUT2D eigenvalue weighted by atomic mass is 35.5. The topological polar surface area (TPSA) is 15.3 Å². The number of rotatable bonds is 5. The van der Waals surface area contributed by atoms with Crippen molar-refractivity contribution in [3.05, 3.63) is 34.9 Å². The van der Waals surface area contributed by atoms with Gasteiger partial charge in [-0.05, 0) is 56.0 Å². The Bertz CT molecular complexity index is 419. The molecule has 2 unspecified atom stereocenters. The molecule has 1 aliphatic heterocycles. The zero-order valence-corrected chi connectivity index (χ0v) is 13.7. The molecule has 0 radical (unpaired) electrons. The highest BCUT2D eigenvalue weighted by Crippen LogP contribution is 2.28. The smallest absolute Gasteiger partial charge is 0.0408 e. The van der Waals surface area contributed by atoms with Crippen molar-refractivity contribution < 1.29 is 0 Å². The lowest BCUT2D eigenvalue weighted by Gasteiger charge is -2.36. The molecule has 1 aromatic rings. The summed E-state index contributed by atoms with van der Waals surface area (Å²) in [6, 6.07) is 8.94. The summed E-state index contributed by atoms with van der Waals surface area (Å²) in [6.07, 6.45) is 2.46. The van der Waals surface area contributed by atoms with Crippen molar-refractivity contribution in [2.75, 3.05) is 26.7 Å². The van der Waals surface area contributed by atoms with Crippen LogP contribution in [0.2, 0.25) is 5.02 Å². The molecule has 0 aromatic heterocycles. The molecule has 20 heavy (non-hydrogen) atoms. The molecule has 2 nitrogen and oxygen atoms in total. The Balaban J connectivity index is 1.94. The lowest BCUT2D eigenvalue weighted by Crippen LogP contribution is -2.47. The lowest BCUT2D eigenvalue weighted by atomic mass is 9.88. The molecule has 2 rings (SSSR count). The third kappa shape index (κ3) is 4.76. The fourth-order valence-electron chi connectivity index (χ4n) is 3.05. The fourth-order valence-corrected chi connectivity index (χ4v) is 3.24. The summed E-state index contributed by atoms with van der Waals surface area (Å²) in [4.78, 5) is 2.43. The van der Waals surface area contributed by atoms with Gasteiger partial charge in [0.15, 0.2) is 0 Å². The Kier molecular flexibility index (Phi) is 5.88. The Morgan fingerprint density at radius 3 is 2.85 bits per heavy atom. The first-order valence-corrected chi connectivity index (χ1v) is 8.09. The van der Waals surface area contributed by atoms with E-state index < -0.39 is 0 Å². The van der Waals surface area contributed by atoms with Crippen LogP contribution in [0.4, 0.5) is 0 Å². The molecule has 1 N–H and O–H groups in total. The van der Waals surface area contributed by atoms with Gasteiger partial charge in [-0.15, -0.1) is 0 Å². The normalized spacial score (nSPS) is 24.2. The summed E-state index contributed by atoms with van der Waals surface area (Å²) in [6.45, 7) is 7.96. The van der Waals surface area contributed by atoms with E-state index in [1.165, 1.54) is 18.4 Å². The molecule has 0 saturated carbocycles. The average Bonchev–Trinajstić information content (AvgIpc) is 2.37. The Morgan fingerprint density at radius 1 is 1.35 bits per heavy atom. The van der Waals surface area contributed by atoms with Crippen molar-refractivity contribution in [3.63, 3.8) is 0 Å². The van der Waals surface area contributed by atoms with Gasteiger partial charge in [-0.2, -0.15) is 0 Å². The number of hydrogen-bond donors (Lipinski definition) is 1. The molecule has 0 aliphatic carbocycles. The number of piperidine rings is 1. The maximum absolute atomic E-state index is 6.13. The number of halogens is 1. The van der Waals surface area contributed by atoms with E-state index in [2.05, 4.69) is 49.3 Å². The minimum Gasteiger partial charge on any atom is -0.313 e. The van der Waals surface area contributed by atoms with E-state index in [0.29, 0.717) is 12.0 Å². The largest absolute Gasteiger partial charge is 0.313 e. The number of likely N-dealkylation sites (N-methyl/N-ethyl adjacent to an activating group) is 1. The van der Waals surface area contributed by atoms with Crippen LogP contribution >= 0.6 is 11.6 Å². The molecule has 3 heteroatoms. The summed E-state index contributed by atoms with van der Waals surface area (Å²) in [5, 5.41) is 4.57. The quantitative estimate of drug-likeness (QED) is 0.889. The zero-order valence-electron chi connectivity index (χ0n) is 12.9. The average molecular weight is 295 g/mol. The standard InChI is InChI=1S/C17H27ClN2/c1-13(2)7-8-19-17-10-15(11-20(3)12-17)14-5-4-6-16(18)9-14/h4-6,9,13,15,17,19H,7-8,10-12H2,1-3H3. The first-order chi connectivity index (χ1) is 9.54. The van der Waals surface area contributed by atoms with E-state index in [9.17, 15) is 0 Å². The van der Waals surface area contributed by atoms with Crippen LogP contribution < -0.4 is 5.32 Å². The van der Waals surface area contributed by atoms with Gasteiger partial charge in [-0.1, -0.05) is 37.6 Å². The molecule has 1 fully saturated rings. The first kappa shape index (κ1) is 15.8. The van der Waals surface area contributed by atoms with Crippen LogP contribution in [-0.2, 0) is 0 Å². The molecule has 1 saturated heterocycles. The minimum atomic E-state index is 0.587. The van der Waals surface area contributed by atoms with E-state index in [1.807, 2.05) is 6.07 Å². The maximum Gasteiger partial charge on any atom is 0.0408 e. The Hall–Kier alpha value is -0.570. The third-order valence-electron chi connectivity index (χ3n) is 4.11. The third-order valence-corrected chi connectivity index (χ3v) is 4.34. The zero-order chi connectivity index (χ0) is 14.5. The van der Waals surface area contributed by atoms with Crippen LogP contribution in [-0.4, -0.2) is 37.6 Å². The number of nitrogens with one attached hydrogen (secondary N) is 1. The van der Waals surface area contributed by atoms with Crippen LogP contribution in [0.1, 0.15) is 38.2 Å². The molecule has 1 heterocycles. The van der Waals surface area contributed by atoms with Crippen molar-refractivity contribution in [3.8, 4) is 0 Å². The summed E-state index contributed by atoms with van der Waals surface area (Å²) in [7, 11) is 2.22. The second-order valence-electron chi connectivity index (χ2n) is 6.54. The number of hydrogen-bond acceptors (Lipinski definition) is 2. The summed E-state index contributed by atoms with van der Waals surface area (Å²) < 4.78 is 0. The predicted octanol–water partition coefficient (Wildman–Crippen LogP) is 3.76. The van der Waals surface area contributed by atoms with Gasteiger partial charge in [0.05, 0.1) is 0 Å². The number of benzene rings is 1. The van der Waals surface area contributed by atoms with E-state index >= 15 is 0 Å². The monoisotopic (exact) mass is 294 g/mol. The van der Waals surface area contributed by atoms with Gasteiger partial charge in [0.1, 0.15) is 0 Å². The van der Waals surface area contributed by atoms with Gasteiger partial charge in [0, 0.05) is 24.2 Å². The van der Waals surface area contributed by atoms with Crippen molar-refractivity contribution in [2.24, 2.45) is 5.92 Å². The molecule has 0 bridgehead atoms. The SMILES string of the molecule is CC(C)CCNC1CC(c2cccc(Cl)c2)CN(C)C1. The van der Waals surface area contributed by atoms with E-state index in [4.69, 9.17) is 11.6 Å². The van der Waals surface area contributed by atoms with Crippen LogP contribution in [0.25, 0.3) is 0 Å². The highest BCUT2D eigenvalue weighted by Gasteiger charge is 2.26. The Morgan fingerprint density at radius 2 is 2.15 bits per heavy atom. The van der Waals surface area contributed by atoms with E-state index in [0.717, 1.165) is 30.6 Å². The minimum absolute atomic E-state index is 0.587. The molecule has 1 aliphatic rings. The summed E-state index contributed by atoms with van der Waals surface area (Å²) >= 11 is 6.13. The highest BCUT2D eigenvalue weighted by molar-refractivity contribution is 6.30. The second-order valence-corrected chi connectivity index (χ2v) is 6.98. The van der Waals surface area contributed by atoms with Crippen molar-refractivity contribution in [1.29, 1.82) is 0 Å². The second kappa shape index (κ2) is 7.44. The van der Waals surface area contributed by atoms with Gasteiger partial charge < -0.3 is 10.2 Å². The number of nitrogens with zero attached hydrogens (tertiary/aromatic N) is 1. The van der Waals surface area contributed by atoms with Crippen molar-refractivity contribution >= 4 is 11.6 Å². The van der Waals surface area contributed by atoms with Gasteiger partial charge >= 0.3 is 0 Å². The van der Waals surface area contributed by atoms with Gasteiger partial charge in [0.25, 0.3) is 0 Å². The molecular formula is C17H27ClN2. The van der Waals surface area contributed by atoms with E-state index in [-0.39, 0.29) is 0 Å². The van der Waals surface area contributed by atoms with Crippen LogP contribution in [0.15, 0.2) is 24.3 Å². The molecular weight excluding hydrogens is 268 g/mol. The molecule has 0 spiro atoms. The summed E-state index contributed by atoms with van der Waals surface area (Å²) in [5.74, 6) is 1.36. The Labute approximate surface area is 128 Å². The summed E-state index contributed by atoms with van der Waals surface area (Å²) in [5.41, 5.74) is 1.37. The molecule has 112 valence electrons. The predicted molar refractivity (Wildman–Crippen MR) is 87.6 cm³/mol. The van der Waals surface area contributed by atoms with Crippen LogP contribution in [0, 0.1) is 5.92 Å². The van der Waals surface area contributed by atoms with Gasteiger partial charge in [0.2, 0.25) is 0 Å². The van der Waals surface area contributed by atoms with Gasteiger partial charge in [-0.25, -0.2) is 0 Å².